The molecule has 132 valence electrons. The second-order valence-corrected chi connectivity index (χ2v) is 7.38. The molecule has 0 radical (unpaired) electrons. The van der Waals surface area contributed by atoms with Gasteiger partial charge in [-0.3, -0.25) is 4.79 Å². The number of nitrogens with zero attached hydrogens (tertiary/aromatic N) is 1. The molecule has 24 heavy (non-hydrogen) atoms. The van der Waals surface area contributed by atoms with E-state index in [9.17, 15) is 9.59 Å². The minimum absolute atomic E-state index is 0.189. The number of ether oxygens (including phenoxy) is 2. The molecule has 1 heterocycles. The number of amides is 1. The monoisotopic (exact) mass is 373 g/mol. The summed E-state index contributed by atoms with van der Waals surface area (Å²) in [5.74, 6) is -1.10. The number of carbonyl (C=O) groups is 2. The second-order valence-electron chi connectivity index (χ2n) is 6.72. The maximum absolute atomic E-state index is 12.3. The molecular formula is C17H21Cl2NO4. The van der Waals surface area contributed by atoms with Crippen molar-refractivity contribution in [3.63, 3.8) is 0 Å². The van der Waals surface area contributed by atoms with Gasteiger partial charge in [0.1, 0.15) is 5.60 Å². The van der Waals surface area contributed by atoms with Gasteiger partial charge in [-0.25, -0.2) is 4.79 Å². The first-order valence-electron chi connectivity index (χ1n) is 7.67. The van der Waals surface area contributed by atoms with Crippen LogP contribution in [0.1, 0.15) is 32.3 Å². The lowest BCUT2D eigenvalue weighted by atomic mass is 9.89. The van der Waals surface area contributed by atoms with Crippen LogP contribution in [0.5, 0.6) is 0 Å². The lowest BCUT2D eigenvalue weighted by molar-refractivity contribution is -0.146. The van der Waals surface area contributed by atoms with Gasteiger partial charge in [0.05, 0.1) is 5.92 Å². The zero-order chi connectivity index (χ0) is 17.9. The summed E-state index contributed by atoms with van der Waals surface area (Å²) in [6, 6.07) is 7.02. The summed E-state index contributed by atoms with van der Waals surface area (Å²) >= 11 is 11.4. The third-order valence-electron chi connectivity index (χ3n) is 3.77. The number of hydrogen-bond donors (Lipinski definition) is 0. The number of benzene rings is 1. The van der Waals surface area contributed by atoms with E-state index in [4.69, 9.17) is 32.7 Å². The molecule has 1 amide bonds. The highest BCUT2D eigenvalue weighted by molar-refractivity contribution is 6.30. The Labute approximate surface area is 151 Å². The zero-order valence-electron chi connectivity index (χ0n) is 13.9. The van der Waals surface area contributed by atoms with Crippen LogP contribution in [0, 0.1) is 5.92 Å². The first kappa shape index (κ1) is 18.9. The van der Waals surface area contributed by atoms with Crippen molar-refractivity contribution in [3.8, 4) is 0 Å². The van der Waals surface area contributed by atoms with Crippen molar-refractivity contribution in [2.75, 3.05) is 19.2 Å². The number of halogens is 2. The van der Waals surface area contributed by atoms with Gasteiger partial charge in [0.15, 0.2) is 6.07 Å². The molecule has 0 aromatic heterocycles. The van der Waals surface area contributed by atoms with Crippen molar-refractivity contribution in [3.05, 3.63) is 34.9 Å². The van der Waals surface area contributed by atoms with Gasteiger partial charge in [0.2, 0.25) is 0 Å². The van der Waals surface area contributed by atoms with Crippen LogP contribution in [0.25, 0.3) is 0 Å². The van der Waals surface area contributed by atoms with Gasteiger partial charge in [-0.1, -0.05) is 35.3 Å². The Hall–Kier alpha value is -1.46. The van der Waals surface area contributed by atoms with Crippen molar-refractivity contribution in [1.82, 2.24) is 4.90 Å². The molecule has 1 fully saturated rings. The van der Waals surface area contributed by atoms with Crippen LogP contribution >= 0.6 is 23.2 Å². The van der Waals surface area contributed by atoms with E-state index in [1.165, 1.54) is 4.90 Å². The predicted molar refractivity (Wildman–Crippen MR) is 92.3 cm³/mol. The van der Waals surface area contributed by atoms with Crippen molar-refractivity contribution in [1.29, 1.82) is 0 Å². The second kappa shape index (κ2) is 7.62. The van der Waals surface area contributed by atoms with E-state index >= 15 is 0 Å². The quantitative estimate of drug-likeness (QED) is 0.592. The van der Waals surface area contributed by atoms with Crippen LogP contribution in [0.4, 0.5) is 4.79 Å². The molecule has 0 N–H and O–H groups in total. The van der Waals surface area contributed by atoms with Crippen LogP contribution in [0.15, 0.2) is 24.3 Å². The fraction of sp³-hybridized carbons (Fsp3) is 0.529. The summed E-state index contributed by atoms with van der Waals surface area (Å²) in [6.45, 7) is 6.02. The summed E-state index contributed by atoms with van der Waals surface area (Å²) in [6.07, 6.45) is -0.442. The molecule has 1 aliphatic heterocycles. The molecular weight excluding hydrogens is 353 g/mol. The van der Waals surface area contributed by atoms with Crippen molar-refractivity contribution in [2.24, 2.45) is 5.92 Å². The molecule has 1 aliphatic rings. The predicted octanol–water partition coefficient (Wildman–Crippen LogP) is 4.03. The molecule has 1 aromatic carbocycles. The molecule has 2 rings (SSSR count). The fourth-order valence-electron chi connectivity index (χ4n) is 2.73. The van der Waals surface area contributed by atoms with Gasteiger partial charge < -0.3 is 14.4 Å². The lowest BCUT2D eigenvalue weighted by Gasteiger charge is -2.24. The van der Waals surface area contributed by atoms with E-state index in [1.54, 1.807) is 32.9 Å². The van der Waals surface area contributed by atoms with Crippen molar-refractivity contribution in [2.45, 2.75) is 32.3 Å². The summed E-state index contributed by atoms with van der Waals surface area (Å²) < 4.78 is 10.4. The van der Waals surface area contributed by atoms with E-state index in [0.29, 0.717) is 11.6 Å². The SMILES string of the molecule is CC(C)(C)OC(=O)N1CC(C(=O)OCCl)C(c2ccc(Cl)cc2)C1. The number of rotatable bonds is 3. The van der Waals surface area contributed by atoms with Crippen LogP contribution in [-0.2, 0) is 14.3 Å². The fourth-order valence-corrected chi connectivity index (χ4v) is 2.96. The highest BCUT2D eigenvalue weighted by Gasteiger charge is 2.42. The molecule has 0 saturated carbocycles. The Kier molecular flexibility index (Phi) is 5.99. The Bertz CT molecular complexity index is 598. The Morgan fingerprint density at radius 3 is 2.38 bits per heavy atom. The van der Waals surface area contributed by atoms with Gasteiger partial charge in [-0.05, 0) is 38.5 Å². The van der Waals surface area contributed by atoms with Crippen LogP contribution in [0.3, 0.4) is 0 Å². The third kappa shape index (κ3) is 4.77. The van der Waals surface area contributed by atoms with Crippen molar-refractivity contribution >= 4 is 35.3 Å². The number of carbonyl (C=O) groups excluding carboxylic acids is 2. The first-order valence-corrected chi connectivity index (χ1v) is 8.58. The Balaban J connectivity index is 2.21. The average molecular weight is 374 g/mol. The molecule has 2 unspecified atom stereocenters. The third-order valence-corrected chi connectivity index (χ3v) is 4.13. The highest BCUT2D eigenvalue weighted by Crippen LogP contribution is 2.35. The minimum atomic E-state index is -0.596. The zero-order valence-corrected chi connectivity index (χ0v) is 15.4. The summed E-state index contributed by atoms with van der Waals surface area (Å²) in [5.41, 5.74) is 0.323. The number of likely N-dealkylation sites (tertiary alicyclic amines) is 1. The maximum Gasteiger partial charge on any atom is 0.410 e. The normalized spacial score (nSPS) is 20.8. The van der Waals surface area contributed by atoms with E-state index in [0.717, 1.165) is 5.56 Å². The number of hydrogen-bond acceptors (Lipinski definition) is 4. The molecule has 0 spiro atoms. The Morgan fingerprint density at radius 1 is 1.21 bits per heavy atom. The van der Waals surface area contributed by atoms with E-state index in [2.05, 4.69) is 0 Å². The minimum Gasteiger partial charge on any atom is -0.449 e. The largest absolute Gasteiger partial charge is 0.449 e. The molecule has 1 saturated heterocycles. The van der Waals surface area contributed by atoms with Crippen LogP contribution < -0.4 is 0 Å². The van der Waals surface area contributed by atoms with E-state index in [1.807, 2.05) is 12.1 Å². The Morgan fingerprint density at radius 2 is 1.83 bits per heavy atom. The van der Waals surface area contributed by atoms with Gasteiger partial charge in [-0.2, -0.15) is 0 Å². The van der Waals surface area contributed by atoms with Gasteiger partial charge in [0, 0.05) is 24.0 Å². The van der Waals surface area contributed by atoms with Crippen molar-refractivity contribution < 1.29 is 19.1 Å². The highest BCUT2D eigenvalue weighted by atomic mass is 35.5. The maximum atomic E-state index is 12.3. The van der Waals surface area contributed by atoms with Crippen LogP contribution in [0.2, 0.25) is 5.02 Å². The van der Waals surface area contributed by atoms with Gasteiger partial charge >= 0.3 is 12.1 Å². The number of esters is 1. The topological polar surface area (TPSA) is 55.8 Å². The van der Waals surface area contributed by atoms with Gasteiger partial charge in [-0.15, -0.1) is 0 Å². The molecule has 1 aromatic rings. The smallest absolute Gasteiger partial charge is 0.410 e. The molecule has 0 bridgehead atoms. The molecule has 0 aliphatic carbocycles. The van der Waals surface area contributed by atoms with E-state index < -0.39 is 23.6 Å². The molecule has 5 nitrogen and oxygen atoms in total. The first-order chi connectivity index (χ1) is 11.2. The molecule has 7 heteroatoms. The van der Waals surface area contributed by atoms with Crippen LogP contribution in [-0.4, -0.2) is 41.7 Å². The lowest BCUT2D eigenvalue weighted by Crippen LogP contribution is -2.36. The summed E-state index contributed by atoms with van der Waals surface area (Å²) in [4.78, 5) is 26.1. The van der Waals surface area contributed by atoms with E-state index in [-0.39, 0.29) is 18.5 Å². The summed E-state index contributed by atoms with van der Waals surface area (Å²) in [5, 5.41) is 0.612. The summed E-state index contributed by atoms with van der Waals surface area (Å²) in [7, 11) is 0. The molecule has 2 atom stereocenters. The average Bonchev–Trinajstić information content (AvgIpc) is 2.92. The number of alkyl halides is 1. The van der Waals surface area contributed by atoms with Gasteiger partial charge in [0.25, 0.3) is 0 Å². The standard InChI is InChI=1S/C17H21Cl2NO4/c1-17(2,3)24-16(22)20-8-13(11-4-6-12(19)7-5-11)14(9-20)15(21)23-10-18/h4-7,13-14H,8-10H2,1-3H3.